The molecule has 6 N–H and O–H groups in total. The number of amides is 4. The number of rotatable bonds is 28. The second-order valence-corrected chi connectivity index (χ2v) is 29.0. The molecule has 4 amide bonds. The van der Waals surface area contributed by atoms with Crippen LogP contribution in [-0.4, -0.2) is 130 Å². The zero-order valence-electron chi connectivity index (χ0n) is 48.1. The number of hydrogen-bond acceptors (Lipinski definition) is 18. The summed E-state index contributed by atoms with van der Waals surface area (Å²) in [6.07, 6.45) is 13.2. The second kappa shape index (κ2) is 28.7. The third-order valence-electron chi connectivity index (χ3n) is 14.6. The molecule has 7 rings (SSSR count). The first-order valence-corrected chi connectivity index (χ1v) is 35.1. The molecular weight excluding hydrogens is 1240 g/mol. The van der Waals surface area contributed by atoms with Crippen LogP contribution in [0.25, 0.3) is 0 Å². The fourth-order valence-corrected chi connectivity index (χ4v) is 14.5. The zero-order chi connectivity index (χ0) is 63.6. The van der Waals surface area contributed by atoms with E-state index >= 15 is 0 Å². The van der Waals surface area contributed by atoms with Crippen LogP contribution < -0.4 is 20.3 Å². The molecule has 3 aromatic carbocycles. The van der Waals surface area contributed by atoms with E-state index < -0.39 is 103 Å². The number of carbonyl (C=O) groups is 3. The number of phosphoric acid groups is 3. The molecule has 472 valence electrons. The topological polar surface area (TPSA) is 377 Å². The normalized spacial score (nSPS) is 20.0. The van der Waals surface area contributed by atoms with Gasteiger partial charge in [0.25, 0.3) is 0 Å². The van der Waals surface area contributed by atoms with E-state index in [0.29, 0.717) is 56.7 Å². The van der Waals surface area contributed by atoms with E-state index in [0.717, 1.165) is 62.8 Å². The van der Waals surface area contributed by atoms with Crippen molar-refractivity contribution in [2.75, 3.05) is 56.8 Å². The van der Waals surface area contributed by atoms with Gasteiger partial charge in [-0.2, -0.15) is 13.2 Å². The van der Waals surface area contributed by atoms with Crippen LogP contribution >= 0.6 is 23.5 Å². The van der Waals surface area contributed by atoms with Crippen molar-refractivity contribution in [2.24, 2.45) is 5.92 Å². The third kappa shape index (κ3) is 19.0. The molecule has 3 unspecified atom stereocenters. The second-order valence-electron chi connectivity index (χ2n) is 21.7. The number of para-hydroxylation sites is 2. The lowest BCUT2D eigenvalue weighted by molar-refractivity contribution is -0.438. The molecule has 1 saturated heterocycles. The molecule has 0 saturated carbocycles. The number of ether oxygens (including phenoxy) is 2. The van der Waals surface area contributed by atoms with Crippen molar-refractivity contribution < 1.29 is 101 Å². The van der Waals surface area contributed by atoms with Gasteiger partial charge in [-0.1, -0.05) is 68.2 Å². The number of fused-ring (bicyclic) bond motifs is 2. The fourth-order valence-electron chi connectivity index (χ4n) is 10.5. The monoisotopic (exact) mass is 1300 g/mol. The highest BCUT2D eigenvalue weighted by atomic mass is 32.2. The van der Waals surface area contributed by atoms with E-state index in [4.69, 9.17) is 19.3 Å². The van der Waals surface area contributed by atoms with Crippen LogP contribution in [0.3, 0.4) is 0 Å². The minimum absolute atomic E-state index is 0.0951. The number of unbranched alkanes of at least 4 members (excludes halogenated alkanes) is 3. The molecule has 4 aliphatic rings. The zero-order valence-corrected chi connectivity index (χ0v) is 52.4. The number of hydrogen-bond donors (Lipinski definition) is 6. The van der Waals surface area contributed by atoms with E-state index in [-0.39, 0.29) is 31.8 Å². The first-order chi connectivity index (χ1) is 40.7. The Balaban J connectivity index is 1.00. The van der Waals surface area contributed by atoms with E-state index in [9.17, 15) is 63.8 Å². The van der Waals surface area contributed by atoms with E-state index in [1.54, 1.807) is 0 Å². The van der Waals surface area contributed by atoms with Crippen LogP contribution in [0.4, 0.5) is 16.2 Å². The summed E-state index contributed by atoms with van der Waals surface area (Å²) in [7, 11) is -25.8. The smallest absolute Gasteiger partial charge is 0.490 e. The van der Waals surface area contributed by atoms with Crippen LogP contribution in [0, 0.1) is 17.8 Å². The molecule has 0 bridgehead atoms. The minimum atomic E-state index is -5.71. The summed E-state index contributed by atoms with van der Waals surface area (Å²) in [4.78, 5) is 76.8. The maximum atomic E-state index is 12.9. The molecular formula is C56H69N5O21P3S2-. The van der Waals surface area contributed by atoms with Gasteiger partial charge in [-0.15, -0.1) is 0 Å². The third-order valence-corrected chi connectivity index (χ3v) is 20.1. The average molecular weight is 1310 g/mol. The number of anilines is 1. The van der Waals surface area contributed by atoms with Gasteiger partial charge in [0.05, 0.1) is 40.2 Å². The molecule has 26 nitrogen and oxygen atoms in total. The molecule has 87 heavy (non-hydrogen) atoms. The van der Waals surface area contributed by atoms with Crippen LogP contribution in [0.2, 0.25) is 0 Å². The fraction of sp³-hybridized carbons (Fsp3) is 0.429. The molecule has 1 fully saturated rings. The van der Waals surface area contributed by atoms with Crippen molar-refractivity contribution in [3.63, 3.8) is 0 Å². The average Bonchev–Trinajstić information content (AvgIpc) is 1.65. The molecule has 3 aromatic rings. The van der Waals surface area contributed by atoms with Gasteiger partial charge in [0.1, 0.15) is 40.8 Å². The standard InChI is InChI=1S/C56H70N5O21P3S2/c1-55(2)45-19-7-9-21-47(45)60(33-11-5-6-23-51(62)57-32-15-18-42-38-59(54(64)58-53(42)63)39-78-35-36-79-84(68,69)82-85(70,71)81-83(65,66)67)49(55)30-24-40-16-14-17-41(52(40)80-43-26-28-44(29-27-43)87(75,76)77)25-31-50-56(3,4)46-20-8-10-22-48(46)61(50)34-12-13-37-86(72,73)74/h7-10,19-22,24-31,42H,5-6,11-14,16-17,23,32-39H2,1-4H3,(H7-,57,58,62,63,64,65,66,67,68,69,70,71,72,73,74,75,76,77)/p-1. The maximum absolute atomic E-state index is 12.9. The van der Waals surface area contributed by atoms with Crippen molar-refractivity contribution in [2.45, 2.75) is 101 Å². The number of imide groups is 1. The Labute approximate surface area is 504 Å². The Hall–Kier alpha value is -5.95. The van der Waals surface area contributed by atoms with Crippen molar-refractivity contribution >= 4 is 78.6 Å². The number of allylic oxidation sites excluding steroid dienone is 7. The van der Waals surface area contributed by atoms with Gasteiger partial charge in [-0.05, 0) is 118 Å². The molecule has 1 aliphatic carbocycles. The summed E-state index contributed by atoms with van der Waals surface area (Å²) in [6, 6.07) is 20.7. The number of benzene rings is 3. The molecule has 31 heteroatoms. The first-order valence-electron chi connectivity index (χ1n) is 27.6. The quantitative estimate of drug-likeness (QED) is 0.0138. The Morgan fingerprint density at radius 2 is 1.53 bits per heavy atom. The van der Waals surface area contributed by atoms with Crippen molar-refractivity contribution in [1.82, 2.24) is 15.5 Å². The highest BCUT2D eigenvalue weighted by Crippen LogP contribution is 2.66. The Kier molecular flexibility index (Phi) is 22.6. The lowest BCUT2D eigenvalue weighted by Crippen LogP contribution is -2.54. The van der Waals surface area contributed by atoms with Crippen molar-refractivity contribution in [3.8, 4) is 17.6 Å². The molecule has 0 spiro atoms. The molecule has 3 aliphatic heterocycles. The number of phosphoric ester groups is 1. The van der Waals surface area contributed by atoms with Gasteiger partial charge in [0.15, 0.2) is 5.71 Å². The predicted molar refractivity (Wildman–Crippen MR) is 315 cm³/mol. The highest BCUT2D eigenvalue weighted by Gasteiger charge is 2.45. The van der Waals surface area contributed by atoms with Gasteiger partial charge in [-0.25, -0.2) is 35.3 Å². The summed E-state index contributed by atoms with van der Waals surface area (Å²) in [5, 5.41) is 4.84. The van der Waals surface area contributed by atoms with E-state index in [2.05, 4.69) is 109 Å². The molecule has 0 radical (unpaired) electrons. The number of carbonyl (C=O) groups excluding carboxylic acids is 3. The Morgan fingerprint density at radius 3 is 2.23 bits per heavy atom. The van der Waals surface area contributed by atoms with Crippen LogP contribution in [0.15, 0.2) is 125 Å². The Morgan fingerprint density at radius 1 is 0.828 bits per heavy atom. The van der Waals surface area contributed by atoms with Crippen molar-refractivity contribution in [1.29, 1.82) is 0 Å². The SMILES string of the molecule is CC1(C)C(/C=C/C2=C(Oc3ccc(S(=O)(=O)[O-])cc3)C(=C/C=C3/N(CCCCS(=O)(=O)[O-])c4ccccc4C3(C)C)/CCC2)=[N+](CCCCCC(=O)NCC#CC2CN(COCCOP(=O)(O)OP(=O)(O)OP(=O)(O)O)C(=O)NC2=O)c2ccccc21. The van der Waals surface area contributed by atoms with Gasteiger partial charge in [0.2, 0.25) is 17.5 Å². The van der Waals surface area contributed by atoms with Crippen LogP contribution in [0.5, 0.6) is 5.75 Å². The maximum Gasteiger partial charge on any atom is 0.490 e. The van der Waals surface area contributed by atoms with Crippen molar-refractivity contribution in [3.05, 3.63) is 131 Å². The number of nitrogens with zero attached hydrogens (tertiary/aromatic N) is 3. The lowest BCUT2D eigenvalue weighted by atomic mass is 9.81. The predicted octanol–water partition coefficient (Wildman–Crippen LogP) is 7.14. The molecule has 3 atom stereocenters. The summed E-state index contributed by atoms with van der Waals surface area (Å²) < 4.78 is 130. The molecule has 0 aromatic heterocycles. The summed E-state index contributed by atoms with van der Waals surface area (Å²) in [5.41, 5.74) is 7.12. The molecule has 3 heterocycles. The van der Waals surface area contributed by atoms with Gasteiger partial charge < -0.3 is 48.4 Å². The summed E-state index contributed by atoms with van der Waals surface area (Å²) >= 11 is 0. The van der Waals surface area contributed by atoms with Gasteiger partial charge in [-0.3, -0.25) is 24.3 Å². The largest absolute Gasteiger partial charge is 0.748 e. The van der Waals surface area contributed by atoms with Crippen LogP contribution in [-0.2, 0) is 72.2 Å². The number of nitrogens with one attached hydrogen (secondary N) is 2. The van der Waals surface area contributed by atoms with Gasteiger partial charge >= 0.3 is 29.5 Å². The highest BCUT2D eigenvalue weighted by molar-refractivity contribution is 7.86. The minimum Gasteiger partial charge on any atom is -0.748 e. The first kappa shape index (κ1) is 68.5. The number of urea groups is 1. The lowest BCUT2D eigenvalue weighted by Gasteiger charge is -2.29. The Bertz CT molecular complexity index is 3720. The van der Waals surface area contributed by atoms with Crippen LogP contribution in [0.1, 0.15) is 96.6 Å². The van der Waals surface area contributed by atoms with Gasteiger partial charge in [0, 0.05) is 66.2 Å². The summed E-state index contributed by atoms with van der Waals surface area (Å²) in [5.74, 6) is 3.91. The summed E-state index contributed by atoms with van der Waals surface area (Å²) in [6.45, 7) is 7.62. The van der Waals surface area contributed by atoms with E-state index in [1.165, 1.54) is 24.3 Å². The van der Waals surface area contributed by atoms with E-state index in [1.807, 2.05) is 36.4 Å².